The van der Waals surface area contributed by atoms with Crippen LogP contribution in [0.15, 0.2) is 0 Å². The van der Waals surface area contributed by atoms with E-state index in [9.17, 15) is 13.2 Å². The summed E-state index contributed by atoms with van der Waals surface area (Å²) in [6.07, 6.45) is 3.04. The summed E-state index contributed by atoms with van der Waals surface area (Å²) in [5.41, 5.74) is -0.699. The topological polar surface area (TPSA) is 87.3 Å². The predicted molar refractivity (Wildman–Crippen MR) is 68.4 cm³/mol. The Morgan fingerprint density at radius 2 is 1.82 bits per heavy atom. The summed E-state index contributed by atoms with van der Waals surface area (Å²) in [5, 5.41) is 5.32. The van der Waals surface area contributed by atoms with E-state index in [1.165, 1.54) is 0 Å². The highest BCUT2D eigenvalue weighted by Gasteiger charge is 2.22. The molecule has 0 bridgehead atoms. The predicted octanol–water partition coefficient (Wildman–Crippen LogP) is 0.414. The van der Waals surface area contributed by atoms with Gasteiger partial charge in [-0.05, 0) is 20.3 Å². The van der Waals surface area contributed by atoms with Crippen LogP contribution < -0.4 is 15.4 Å². The average molecular weight is 265 g/mol. The SMILES string of the molecule is CCCCNC(=O)NCC(C)(C)NS(C)(=O)=O. The molecule has 17 heavy (non-hydrogen) atoms. The Kier molecular flexibility index (Phi) is 6.48. The molecule has 0 aliphatic carbocycles. The third-order valence-electron chi connectivity index (χ3n) is 1.97. The van der Waals surface area contributed by atoms with Crippen molar-refractivity contribution >= 4 is 16.1 Å². The molecule has 102 valence electrons. The lowest BCUT2D eigenvalue weighted by atomic mass is 10.1. The fourth-order valence-corrected chi connectivity index (χ4v) is 2.36. The van der Waals surface area contributed by atoms with E-state index >= 15 is 0 Å². The molecule has 0 fully saturated rings. The molecular formula is C10H23N3O3S. The van der Waals surface area contributed by atoms with Gasteiger partial charge in [0.05, 0.1) is 6.26 Å². The number of carbonyl (C=O) groups is 1. The van der Waals surface area contributed by atoms with Crippen molar-refractivity contribution in [1.29, 1.82) is 0 Å². The zero-order chi connectivity index (χ0) is 13.5. The second-order valence-corrected chi connectivity index (χ2v) is 6.47. The number of amides is 2. The van der Waals surface area contributed by atoms with Crippen LogP contribution in [0.5, 0.6) is 0 Å². The minimum Gasteiger partial charge on any atom is -0.338 e. The second-order valence-electron chi connectivity index (χ2n) is 4.72. The van der Waals surface area contributed by atoms with E-state index in [1.807, 2.05) is 6.92 Å². The standard InChI is InChI=1S/C10H23N3O3S/c1-5-6-7-11-9(14)12-8-10(2,3)13-17(4,15)16/h13H,5-8H2,1-4H3,(H2,11,12,14). The van der Waals surface area contributed by atoms with Crippen molar-refractivity contribution in [2.45, 2.75) is 39.2 Å². The van der Waals surface area contributed by atoms with Crippen LogP contribution >= 0.6 is 0 Å². The Bertz CT molecular complexity index is 339. The van der Waals surface area contributed by atoms with Crippen molar-refractivity contribution in [3.8, 4) is 0 Å². The van der Waals surface area contributed by atoms with Gasteiger partial charge >= 0.3 is 6.03 Å². The van der Waals surface area contributed by atoms with E-state index in [0.717, 1.165) is 19.1 Å². The van der Waals surface area contributed by atoms with Gasteiger partial charge in [-0.25, -0.2) is 17.9 Å². The van der Waals surface area contributed by atoms with E-state index in [2.05, 4.69) is 15.4 Å². The molecule has 0 saturated heterocycles. The van der Waals surface area contributed by atoms with Crippen molar-refractivity contribution in [2.75, 3.05) is 19.3 Å². The number of urea groups is 1. The third kappa shape index (κ3) is 10.1. The molecule has 0 aromatic heterocycles. The van der Waals surface area contributed by atoms with Crippen LogP contribution in [0.4, 0.5) is 4.79 Å². The van der Waals surface area contributed by atoms with E-state index in [4.69, 9.17) is 0 Å². The van der Waals surface area contributed by atoms with Crippen LogP contribution in [0.3, 0.4) is 0 Å². The van der Waals surface area contributed by atoms with Gasteiger partial charge in [0.15, 0.2) is 0 Å². The quantitative estimate of drug-likeness (QED) is 0.583. The smallest absolute Gasteiger partial charge is 0.314 e. The first-order valence-corrected chi connectivity index (χ1v) is 7.56. The van der Waals surface area contributed by atoms with Gasteiger partial charge in [-0.1, -0.05) is 13.3 Å². The number of hydrogen-bond acceptors (Lipinski definition) is 3. The maximum absolute atomic E-state index is 11.3. The summed E-state index contributed by atoms with van der Waals surface area (Å²) in [4.78, 5) is 11.3. The van der Waals surface area contributed by atoms with Crippen molar-refractivity contribution < 1.29 is 13.2 Å². The molecule has 0 heterocycles. The zero-order valence-corrected chi connectivity index (χ0v) is 11.8. The molecule has 0 aliphatic rings. The molecule has 2 amide bonds. The molecule has 0 atom stereocenters. The van der Waals surface area contributed by atoms with Gasteiger partial charge in [0.25, 0.3) is 0 Å². The Morgan fingerprint density at radius 3 is 2.29 bits per heavy atom. The van der Waals surface area contributed by atoms with Gasteiger partial charge in [0.2, 0.25) is 10.0 Å². The minimum atomic E-state index is -3.27. The van der Waals surface area contributed by atoms with E-state index in [1.54, 1.807) is 13.8 Å². The lowest BCUT2D eigenvalue weighted by Crippen LogP contribution is -2.52. The molecule has 0 aromatic rings. The first-order chi connectivity index (χ1) is 7.66. The molecule has 0 aliphatic heterocycles. The van der Waals surface area contributed by atoms with Crippen LogP contribution in [-0.4, -0.2) is 39.3 Å². The number of rotatable bonds is 7. The van der Waals surface area contributed by atoms with Crippen molar-refractivity contribution in [2.24, 2.45) is 0 Å². The summed E-state index contributed by atoms with van der Waals surface area (Å²) in [7, 11) is -3.27. The number of hydrogen-bond donors (Lipinski definition) is 3. The van der Waals surface area contributed by atoms with Crippen LogP contribution in [0.2, 0.25) is 0 Å². The molecule has 0 saturated carbocycles. The molecule has 0 unspecified atom stereocenters. The van der Waals surface area contributed by atoms with Crippen molar-refractivity contribution in [3.05, 3.63) is 0 Å². The lowest BCUT2D eigenvalue weighted by Gasteiger charge is -2.25. The monoisotopic (exact) mass is 265 g/mol. The zero-order valence-electron chi connectivity index (χ0n) is 11.0. The van der Waals surface area contributed by atoms with E-state index in [-0.39, 0.29) is 12.6 Å². The molecular weight excluding hydrogens is 242 g/mol. The second kappa shape index (κ2) is 6.80. The normalized spacial score (nSPS) is 12.2. The number of carbonyl (C=O) groups excluding carboxylic acids is 1. The Balaban J connectivity index is 3.97. The van der Waals surface area contributed by atoms with Crippen molar-refractivity contribution in [1.82, 2.24) is 15.4 Å². The molecule has 0 rings (SSSR count). The molecule has 0 radical (unpaired) electrons. The summed E-state index contributed by atoms with van der Waals surface area (Å²) >= 11 is 0. The Hall–Kier alpha value is -0.820. The Morgan fingerprint density at radius 1 is 1.24 bits per heavy atom. The first kappa shape index (κ1) is 16.2. The summed E-state index contributed by atoms with van der Waals surface area (Å²) in [6, 6.07) is -0.276. The van der Waals surface area contributed by atoms with Crippen LogP contribution in [0.25, 0.3) is 0 Å². The first-order valence-electron chi connectivity index (χ1n) is 5.67. The summed E-state index contributed by atoms with van der Waals surface area (Å²) in [6.45, 7) is 6.32. The van der Waals surface area contributed by atoms with Crippen LogP contribution in [-0.2, 0) is 10.0 Å². The highest BCUT2D eigenvalue weighted by molar-refractivity contribution is 7.88. The van der Waals surface area contributed by atoms with Crippen LogP contribution in [0.1, 0.15) is 33.6 Å². The number of nitrogens with one attached hydrogen (secondary N) is 3. The van der Waals surface area contributed by atoms with Gasteiger partial charge in [0.1, 0.15) is 0 Å². The minimum absolute atomic E-state index is 0.234. The fourth-order valence-electron chi connectivity index (χ4n) is 1.28. The number of unbranched alkanes of at least 4 members (excludes halogenated alkanes) is 1. The van der Waals surface area contributed by atoms with Crippen molar-refractivity contribution in [3.63, 3.8) is 0 Å². The Labute approximate surface area is 104 Å². The van der Waals surface area contributed by atoms with Crippen LogP contribution in [0, 0.1) is 0 Å². The van der Waals surface area contributed by atoms with E-state index < -0.39 is 15.6 Å². The van der Waals surface area contributed by atoms with E-state index in [0.29, 0.717) is 6.54 Å². The average Bonchev–Trinajstić information content (AvgIpc) is 2.12. The summed E-state index contributed by atoms with van der Waals surface area (Å²) < 4.78 is 24.6. The summed E-state index contributed by atoms with van der Waals surface area (Å²) in [5.74, 6) is 0. The molecule has 6 nitrogen and oxygen atoms in total. The number of sulfonamides is 1. The maximum atomic E-state index is 11.3. The highest BCUT2D eigenvalue weighted by atomic mass is 32.2. The van der Waals surface area contributed by atoms with Gasteiger partial charge in [-0.3, -0.25) is 0 Å². The molecule has 3 N–H and O–H groups in total. The van der Waals surface area contributed by atoms with Gasteiger partial charge < -0.3 is 10.6 Å². The highest BCUT2D eigenvalue weighted by Crippen LogP contribution is 2.01. The maximum Gasteiger partial charge on any atom is 0.314 e. The van der Waals surface area contributed by atoms with Gasteiger partial charge in [-0.2, -0.15) is 0 Å². The molecule has 7 heteroatoms. The third-order valence-corrected chi connectivity index (χ3v) is 2.89. The molecule has 0 aromatic carbocycles. The largest absolute Gasteiger partial charge is 0.338 e. The van der Waals surface area contributed by atoms with Gasteiger partial charge in [-0.15, -0.1) is 0 Å². The fraction of sp³-hybridized carbons (Fsp3) is 0.900. The lowest BCUT2D eigenvalue weighted by molar-refractivity contribution is 0.237. The molecule has 0 spiro atoms. The van der Waals surface area contributed by atoms with Gasteiger partial charge in [0, 0.05) is 18.6 Å².